The van der Waals surface area contributed by atoms with Crippen molar-refractivity contribution >= 4 is 27.5 Å². The first-order valence-corrected chi connectivity index (χ1v) is 7.48. The van der Waals surface area contributed by atoms with Crippen molar-refractivity contribution in [3.05, 3.63) is 28.2 Å². The molecule has 1 amide bonds. The lowest BCUT2D eigenvalue weighted by atomic mass is 10.0. The Kier molecular flexibility index (Phi) is 4.82. The highest BCUT2D eigenvalue weighted by Gasteiger charge is 2.21. The number of primary amides is 1. The van der Waals surface area contributed by atoms with E-state index >= 15 is 0 Å². The van der Waals surface area contributed by atoms with E-state index in [4.69, 9.17) is 11.5 Å². The van der Waals surface area contributed by atoms with Gasteiger partial charge in [0.1, 0.15) is 0 Å². The lowest BCUT2D eigenvalue weighted by Crippen LogP contribution is -2.39. The largest absolute Gasteiger partial charge is 0.380 e. The molecule has 2 atom stereocenters. The highest BCUT2D eigenvalue weighted by molar-refractivity contribution is 9.10. The second-order valence-corrected chi connectivity index (χ2v) is 6.02. The Hall–Kier alpha value is -1.07. The number of nitrogens with one attached hydrogen (secondary N) is 1. The van der Waals surface area contributed by atoms with Gasteiger partial charge in [-0.3, -0.25) is 4.79 Å². The van der Waals surface area contributed by atoms with Crippen LogP contribution in [0.4, 0.5) is 5.69 Å². The number of amides is 1. The summed E-state index contributed by atoms with van der Waals surface area (Å²) in [6.07, 6.45) is 5.64. The molecule has 2 unspecified atom stereocenters. The van der Waals surface area contributed by atoms with Gasteiger partial charge in [-0.1, -0.05) is 35.2 Å². The number of halogens is 1. The molecule has 0 aliphatic heterocycles. The number of hydrogen-bond donors (Lipinski definition) is 3. The van der Waals surface area contributed by atoms with Crippen LogP contribution in [0.5, 0.6) is 0 Å². The van der Waals surface area contributed by atoms with Gasteiger partial charge in [0, 0.05) is 22.2 Å². The van der Waals surface area contributed by atoms with Crippen LogP contribution >= 0.6 is 15.9 Å². The number of hydrogen-bond acceptors (Lipinski definition) is 3. The van der Waals surface area contributed by atoms with E-state index in [0.29, 0.717) is 5.56 Å². The Labute approximate surface area is 122 Å². The summed E-state index contributed by atoms with van der Waals surface area (Å²) in [5.41, 5.74) is 12.9. The second-order valence-electron chi connectivity index (χ2n) is 5.11. The van der Waals surface area contributed by atoms with Crippen molar-refractivity contribution in [3.63, 3.8) is 0 Å². The SMILES string of the molecule is NC(=O)c1ccc(Br)cc1NC1CCCCCC1N. The van der Waals surface area contributed by atoms with Crippen LogP contribution < -0.4 is 16.8 Å². The fourth-order valence-electron chi connectivity index (χ4n) is 2.57. The lowest BCUT2D eigenvalue weighted by molar-refractivity contribution is 0.100. The molecule has 4 nitrogen and oxygen atoms in total. The summed E-state index contributed by atoms with van der Waals surface area (Å²) in [5.74, 6) is -0.419. The van der Waals surface area contributed by atoms with E-state index in [0.717, 1.165) is 23.0 Å². The Morgan fingerprint density at radius 1 is 1.26 bits per heavy atom. The van der Waals surface area contributed by atoms with Crippen molar-refractivity contribution in [2.45, 2.75) is 44.2 Å². The maximum absolute atomic E-state index is 11.5. The third-order valence-electron chi connectivity index (χ3n) is 3.66. The van der Waals surface area contributed by atoms with Gasteiger partial charge in [0.2, 0.25) is 0 Å². The molecule has 0 spiro atoms. The van der Waals surface area contributed by atoms with Crippen LogP contribution in [-0.2, 0) is 0 Å². The van der Waals surface area contributed by atoms with E-state index < -0.39 is 5.91 Å². The average molecular weight is 326 g/mol. The summed E-state index contributed by atoms with van der Waals surface area (Å²) >= 11 is 3.42. The summed E-state index contributed by atoms with van der Waals surface area (Å²) in [4.78, 5) is 11.5. The molecule has 1 aliphatic carbocycles. The van der Waals surface area contributed by atoms with Crippen LogP contribution in [0.1, 0.15) is 42.5 Å². The number of anilines is 1. The van der Waals surface area contributed by atoms with Gasteiger partial charge >= 0.3 is 0 Å². The van der Waals surface area contributed by atoms with Crippen LogP contribution in [0.15, 0.2) is 22.7 Å². The zero-order valence-corrected chi connectivity index (χ0v) is 12.4. The molecule has 1 aromatic carbocycles. The minimum atomic E-state index is -0.419. The molecule has 104 valence electrons. The zero-order valence-electron chi connectivity index (χ0n) is 10.9. The van der Waals surface area contributed by atoms with Gasteiger partial charge in [-0.15, -0.1) is 0 Å². The summed E-state index contributed by atoms with van der Waals surface area (Å²) < 4.78 is 0.919. The van der Waals surface area contributed by atoms with Crippen molar-refractivity contribution in [2.24, 2.45) is 11.5 Å². The molecule has 5 N–H and O–H groups in total. The van der Waals surface area contributed by atoms with E-state index in [2.05, 4.69) is 21.2 Å². The molecule has 19 heavy (non-hydrogen) atoms. The molecule has 0 aromatic heterocycles. The maximum Gasteiger partial charge on any atom is 0.250 e. The molecule has 1 saturated carbocycles. The van der Waals surface area contributed by atoms with Gasteiger partial charge in [-0.2, -0.15) is 0 Å². The molecule has 5 heteroatoms. The van der Waals surface area contributed by atoms with Gasteiger partial charge in [-0.05, 0) is 31.0 Å². The van der Waals surface area contributed by atoms with Crippen LogP contribution in [0.2, 0.25) is 0 Å². The standard InChI is InChI=1S/C14H20BrN3O/c15-9-6-7-10(14(17)19)13(8-9)18-12-5-3-1-2-4-11(12)16/h6-8,11-12,18H,1-5,16H2,(H2,17,19). The molecule has 0 saturated heterocycles. The predicted molar refractivity (Wildman–Crippen MR) is 81.1 cm³/mol. The maximum atomic E-state index is 11.5. The van der Waals surface area contributed by atoms with Gasteiger partial charge in [0.05, 0.1) is 5.56 Å². The summed E-state index contributed by atoms with van der Waals surface area (Å²) in [6, 6.07) is 5.77. The molecule has 0 heterocycles. The van der Waals surface area contributed by atoms with Crippen molar-refractivity contribution in [1.82, 2.24) is 0 Å². The van der Waals surface area contributed by atoms with Crippen LogP contribution in [0.25, 0.3) is 0 Å². The van der Waals surface area contributed by atoms with Crippen molar-refractivity contribution in [2.75, 3.05) is 5.32 Å². The van der Waals surface area contributed by atoms with Crippen molar-refractivity contribution < 1.29 is 4.79 Å². The third kappa shape index (κ3) is 3.70. The first-order chi connectivity index (χ1) is 9.08. The minimum absolute atomic E-state index is 0.127. The van der Waals surface area contributed by atoms with E-state index in [1.807, 2.05) is 12.1 Å². The smallest absolute Gasteiger partial charge is 0.250 e. The summed E-state index contributed by atoms with van der Waals surface area (Å²) in [5, 5.41) is 3.41. The predicted octanol–water partition coefficient (Wildman–Crippen LogP) is 2.62. The molecule has 1 aliphatic rings. The minimum Gasteiger partial charge on any atom is -0.380 e. The fourth-order valence-corrected chi connectivity index (χ4v) is 2.93. The highest BCUT2D eigenvalue weighted by Crippen LogP contribution is 2.25. The van der Waals surface area contributed by atoms with Gasteiger partial charge in [0.25, 0.3) is 5.91 Å². The quantitative estimate of drug-likeness (QED) is 0.747. The summed E-state index contributed by atoms with van der Waals surface area (Å²) in [7, 11) is 0. The number of carbonyl (C=O) groups excluding carboxylic acids is 1. The van der Waals surface area contributed by atoms with Gasteiger partial charge in [-0.25, -0.2) is 0 Å². The fraction of sp³-hybridized carbons (Fsp3) is 0.500. The number of carbonyl (C=O) groups is 1. The molecule has 1 fully saturated rings. The Balaban J connectivity index is 2.21. The Morgan fingerprint density at radius 3 is 2.74 bits per heavy atom. The molecule has 1 aromatic rings. The number of benzene rings is 1. The highest BCUT2D eigenvalue weighted by atomic mass is 79.9. The van der Waals surface area contributed by atoms with E-state index in [1.54, 1.807) is 6.07 Å². The van der Waals surface area contributed by atoms with Crippen molar-refractivity contribution in [1.29, 1.82) is 0 Å². The first-order valence-electron chi connectivity index (χ1n) is 6.69. The zero-order chi connectivity index (χ0) is 13.8. The van der Waals surface area contributed by atoms with Crippen molar-refractivity contribution in [3.8, 4) is 0 Å². The van der Waals surface area contributed by atoms with E-state index in [9.17, 15) is 4.79 Å². The second kappa shape index (κ2) is 6.39. The topological polar surface area (TPSA) is 81.1 Å². The van der Waals surface area contributed by atoms with Crippen LogP contribution in [0, 0.1) is 0 Å². The van der Waals surface area contributed by atoms with Crippen LogP contribution in [0.3, 0.4) is 0 Å². The Bertz CT molecular complexity index is 464. The first kappa shape index (κ1) is 14.3. The number of nitrogens with two attached hydrogens (primary N) is 2. The average Bonchev–Trinajstić information content (AvgIpc) is 2.55. The van der Waals surface area contributed by atoms with Gasteiger partial charge in [0.15, 0.2) is 0 Å². The normalized spacial score (nSPS) is 23.7. The van der Waals surface area contributed by atoms with E-state index in [-0.39, 0.29) is 12.1 Å². The molecule has 2 rings (SSSR count). The number of rotatable bonds is 3. The Morgan fingerprint density at radius 2 is 2.00 bits per heavy atom. The van der Waals surface area contributed by atoms with Crippen LogP contribution in [-0.4, -0.2) is 18.0 Å². The summed E-state index contributed by atoms with van der Waals surface area (Å²) in [6.45, 7) is 0. The molecule has 0 radical (unpaired) electrons. The van der Waals surface area contributed by atoms with E-state index in [1.165, 1.54) is 19.3 Å². The third-order valence-corrected chi connectivity index (χ3v) is 4.15. The lowest BCUT2D eigenvalue weighted by Gasteiger charge is -2.25. The molecule has 0 bridgehead atoms. The molecular formula is C14H20BrN3O. The molecular weight excluding hydrogens is 306 g/mol. The van der Waals surface area contributed by atoms with Gasteiger partial charge < -0.3 is 16.8 Å². The monoisotopic (exact) mass is 325 g/mol.